The molecule has 136 valence electrons. The molecule has 10 heteroatoms. The van der Waals surface area contributed by atoms with E-state index in [-0.39, 0.29) is 23.6 Å². The number of ether oxygens (including phenoxy) is 1. The Morgan fingerprint density at radius 3 is 2.38 bits per heavy atom. The molecular weight excluding hydrogens is 344 g/mol. The van der Waals surface area contributed by atoms with Gasteiger partial charge in [0.05, 0.1) is 29.6 Å². The molecule has 2 rings (SSSR count). The first-order valence-corrected chi connectivity index (χ1v) is 7.43. The zero-order valence-electron chi connectivity index (χ0n) is 14.0. The van der Waals surface area contributed by atoms with Crippen molar-refractivity contribution in [2.24, 2.45) is 0 Å². The molecule has 10 nitrogen and oxygen atoms in total. The van der Waals surface area contributed by atoms with Gasteiger partial charge in [0.1, 0.15) is 11.4 Å². The third-order valence-corrected chi connectivity index (χ3v) is 3.62. The summed E-state index contributed by atoms with van der Waals surface area (Å²) in [5.41, 5.74) is 0.475. The van der Waals surface area contributed by atoms with Crippen LogP contribution in [0.2, 0.25) is 0 Å². The molecule has 0 saturated carbocycles. The first-order chi connectivity index (χ1) is 12.3. The van der Waals surface area contributed by atoms with E-state index >= 15 is 0 Å². The van der Waals surface area contributed by atoms with Gasteiger partial charge in [-0.05, 0) is 25.1 Å². The highest BCUT2D eigenvalue weighted by Crippen LogP contribution is 2.29. The van der Waals surface area contributed by atoms with Crippen molar-refractivity contribution in [3.8, 4) is 5.75 Å². The summed E-state index contributed by atoms with van der Waals surface area (Å²) >= 11 is 0. The molecule has 0 fully saturated rings. The normalized spacial score (nSPS) is 10.1. The maximum atomic E-state index is 12.1. The fraction of sp³-hybridized carbons (Fsp3) is 0.188. The molecule has 0 atom stereocenters. The Bertz CT molecular complexity index is 868. The molecule has 0 bridgehead atoms. The molecule has 0 aromatic heterocycles. The molecule has 0 aliphatic rings. The van der Waals surface area contributed by atoms with Gasteiger partial charge >= 0.3 is 0 Å². The third-order valence-electron chi connectivity index (χ3n) is 3.62. The van der Waals surface area contributed by atoms with Crippen molar-refractivity contribution in [2.45, 2.75) is 6.92 Å². The van der Waals surface area contributed by atoms with Crippen molar-refractivity contribution < 1.29 is 19.4 Å². The molecule has 0 radical (unpaired) electrons. The SMILES string of the molecule is COc1ccc(NC(=O)CNc2cccc([N+](=O)[O-])c2C)c([N+](=O)[O-])c1. The van der Waals surface area contributed by atoms with Gasteiger partial charge in [-0.25, -0.2) is 0 Å². The molecule has 2 N–H and O–H groups in total. The zero-order chi connectivity index (χ0) is 19.3. The van der Waals surface area contributed by atoms with E-state index in [0.29, 0.717) is 17.0 Å². The predicted octanol–water partition coefficient (Wildman–Crippen LogP) is 2.87. The van der Waals surface area contributed by atoms with E-state index in [9.17, 15) is 25.0 Å². The number of nitro groups is 2. The van der Waals surface area contributed by atoms with Crippen molar-refractivity contribution >= 4 is 28.7 Å². The largest absolute Gasteiger partial charge is 0.496 e. The van der Waals surface area contributed by atoms with E-state index < -0.39 is 15.8 Å². The van der Waals surface area contributed by atoms with E-state index in [1.165, 1.54) is 37.4 Å². The Balaban J connectivity index is 2.10. The van der Waals surface area contributed by atoms with Gasteiger partial charge in [0.15, 0.2) is 0 Å². The van der Waals surface area contributed by atoms with Crippen LogP contribution < -0.4 is 15.4 Å². The van der Waals surface area contributed by atoms with Crippen LogP contribution >= 0.6 is 0 Å². The van der Waals surface area contributed by atoms with Crippen molar-refractivity contribution in [1.29, 1.82) is 0 Å². The molecular formula is C16H16N4O6. The van der Waals surface area contributed by atoms with Crippen LogP contribution in [0.1, 0.15) is 5.56 Å². The highest BCUT2D eigenvalue weighted by Gasteiger charge is 2.18. The van der Waals surface area contributed by atoms with Crippen LogP contribution in [0.5, 0.6) is 5.75 Å². The van der Waals surface area contributed by atoms with Gasteiger partial charge in [-0.2, -0.15) is 0 Å². The van der Waals surface area contributed by atoms with Crippen LogP contribution in [-0.4, -0.2) is 29.4 Å². The lowest BCUT2D eigenvalue weighted by molar-refractivity contribution is -0.385. The molecule has 1 amide bonds. The number of hydrogen-bond acceptors (Lipinski definition) is 7. The zero-order valence-corrected chi connectivity index (χ0v) is 14.0. The monoisotopic (exact) mass is 360 g/mol. The highest BCUT2D eigenvalue weighted by molar-refractivity contribution is 5.96. The van der Waals surface area contributed by atoms with Gasteiger partial charge in [0.25, 0.3) is 11.4 Å². The summed E-state index contributed by atoms with van der Waals surface area (Å²) in [4.78, 5) is 33.0. The molecule has 26 heavy (non-hydrogen) atoms. The minimum atomic E-state index is -0.629. The minimum absolute atomic E-state index is 0.0263. The lowest BCUT2D eigenvalue weighted by Crippen LogP contribution is -2.22. The molecule has 0 spiro atoms. The lowest BCUT2D eigenvalue weighted by atomic mass is 10.1. The van der Waals surface area contributed by atoms with Crippen molar-refractivity contribution in [1.82, 2.24) is 0 Å². The average molecular weight is 360 g/mol. The Labute approximate surface area is 148 Å². The quantitative estimate of drug-likeness (QED) is 0.572. The molecule has 0 heterocycles. The van der Waals surface area contributed by atoms with E-state index in [4.69, 9.17) is 4.74 Å². The molecule has 0 saturated heterocycles. The molecule has 2 aromatic rings. The summed E-state index contributed by atoms with van der Waals surface area (Å²) in [6.45, 7) is 1.35. The maximum Gasteiger partial charge on any atom is 0.296 e. The van der Waals surface area contributed by atoms with Crippen LogP contribution in [0.3, 0.4) is 0 Å². The van der Waals surface area contributed by atoms with E-state index in [1.54, 1.807) is 13.0 Å². The smallest absolute Gasteiger partial charge is 0.296 e. The average Bonchev–Trinajstić information content (AvgIpc) is 2.60. The number of hydrogen-bond donors (Lipinski definition) is 2. The van der Waals surface area contributed by atoms with E-state index in [0.717, 1.165) is 0 Å². The van der Waals surface area contributed by atoms with Crippen LogP contribution in [0.15, 0.2) is 36.4 Å². The van der Waals surface area contributed by atoms with Crippen LogP contribution in [-0.2, 0) is 4.79 Å². The first kappa shape index (κ1) is 18.6. The van der Waals surface area contributed by atoms with Gasteiger partial charge in [0, 0.05) is 17.3 Å². The first-order valence-electron chi connectivity index (χ1n) is 7.43. The highest BCUT2D eigenvalue weighted by atomic mass is 16.6. The number of methoxy groups -OCH3 is 1. The number of benzene rings is 2. The van der Waals surface area contributed by atoms with Gasteiger partial charge in [-0.15, -0.1) is 0 Å². The van der Waals surface area contributed by atoms with E-state index in [2.05, 4.69) is 10.6 Å². The molecule has 0 aliphatic carbocycles. The lowest BCUT2D eigenvalue weighted by Gasteiger charge is -2.11. The number of amides is 1. The topological polar surface area (TPSA) is 137 Å². The summed E-state index contributed by atoms with van der Waals surface area (Å²) in [5.74, 6) is -0.246. The molecule has 2 aromatic carbocycles. The Hall–Kier alpha value is -3.69. The summed E-state index contributed by atoms with van der Waals surface area (Å²) in [6.07, 6.45) is 0. The number of nitro benzene ring substituents is 2. The van der Waals surface area contributed by atoms with Crippen LogP contribution in [0.4, 0.5) is 22.7 Å². The Morgan fingerprint density at radius 1 is 1.08 bits per heavy atom. The summed E-state index contributed by atoms with van der Waals surface area (Å²) in [7, 11) is 1.38. The number of nitrogens with one attached hydrogen (secondary N) is 2. The minimum Gasteiger partial charge on any atom is -0.496 e. The van der Waals surface area contributed by atoms with E-state index in [1.807, 2.05) is 0 Å². The summed E-state index contributed by atoms with van der Waals surface area (Å²) < 4.78 is 4.93. The second-order valence-electron chi connectivity index (χ2n) is 5.25. The summed E-state index contributed by atoms with van der Waals surface area (Å²) in [5, 5.41) is 27.3. The fourth-order valence-electron chi connectivity index (χ4n) is 2.28. The van der Waals surface area contributed by atoms with Crippen LogP contribution in [0.25, 0.3) is 0 Å². The molecule has 0 aliphatic heterocycles. The fourth-order valence-corrected chi connectivity index (χ4v) is 2.28. The number of anilines is 2. The standard InChI is InChI=1S/C16H16N4O6/c1-10-12(4-3-5-14(10)19(22)23)17-9-16(21)18-13-7-6-11(26-2)8-15(13)20(24)25/h3-8,17H,9H2,1-2H3,(H,18,21). The molecule has 0 unspecified atom stereocenters. The van der Waals surface area contributed by atoms with Crippen molar-refractivity contribution in [3.05, 3.63) is 62.2 Å². The van der Waals surface area contributed by atoms with Crippen molar-refractivity contribution in [3.63, 3.8) is 0 Å². The maximum absolute atomic E-state index is 12.1. The predicted molar refractivity (Wildman–Crippen MR) is 94.6 cm³/mol. The third kappa shape index (κ3) is 4.23. The van der Waals surface area contributed by atoms with Crippen LogP contribution in [0, 0.1) is 27.2 Å². The Morgan fingerprint density at radius 2 is 1.77 bits per heavy atom. The summed E-state index contributed by atoms with van der Waals surface area (Å²) in [6, 6.07) is 8.52. The second kappa shape index (κ2) is 7.92. The number of rotatable bonds is 7. The number of nitrogens with zero attached hydrogens (tertiary/aromatic N) is 2. The number of carbonyl (C=O) groups is 1. The van der Waals surface area contributed by atoms with Gasteiger partial charge in [-0.1, -0.05) is 6.07 Å². The van der Waals surface area contributed by atoms with Gasteiger partial charge in [-0.3, -0.25) is 25.0 Å². The van der Waals surface area contributed by atoms with Gasteiger partial charge < -0.3 is 15.4 Å². The van der Waals surface area contributed by atoms with Gasteiger partial charge in [0.2, 0.25) is 5.91 Å². The second-order valence-corrected chi connectivity index (χ2v) is 5.25. The number of carbonyl (C=O) groups excluding carboxylic acids is 1. The van der Waals surface area contributed by atoms with Crippen molar-refractivity contribution in [2.75, 3.05) is 24.3 Å². The Kier molecular flexibility index (Phi) is 5.68.